The molecule has 2 atom stereocenters. The number of rotatable bonds is 3. The third-order valence-electron chi connectivity index (χ3n) is 5.01. The van der Waals surface area contributed by atoms with E-state index >= 15 is 0 Å². The fourth-order valence-electron chi connectivity index (χ4n) is 3.67. The molecule has 3 nitrogen and oxygen atoms in total. The molecular weight excluding hydrogens is 256 g/mol. The van der Waals surface area contributed by atoms with Crippen LogP contribution in [0.3, 0.4) is 0 Å². The highest BCUT2D eigenvalue weighted by molar-refractivity contribution is 7.09. The molecule has 3 rings (SSSR count). The summed E-state index contributed by atoms with van der Waals surface area (Å²) < 4.78 is 0. The predicted molar refractivity (Wildman–Crippen MR) is 78.5 cm³/mol. The second-order valence-electron chi connectivity index (χ2n) is 6.21. The molecule has 1 aliphatic heterocycles. The van der Waals surface area contributed by atoms with Crippen LogP contribution in [0.5, 0.6) is 0 Å². The largest absolute Gasteiger partial charge is 0.390 e. The van der Waals surface area contributed by atoms with Crippen LogP contribution in [0.2, 0.25) is 0 Å². The molecule has 0 amide bonds. The van der Waals surface area contributed by atoms with Crippen molar-refractivity contribution in [3.8, 4) is 0 Å². The van der Waals surface area contributed by atoms with Crippen molar-refractivity contribution in [2.45, 2.75) is 51.0 Å². The Morgan fingerprint density at radius 1 is 1.47 bits per heavy atom. The molecule has 2 heterocycles. The van der Waals surface area contributed by atoms with E-state index in [1.807, 2.05) is 5.51 Å². The number of nitrogens with zero attached hydrogens (tertiary/aromatic N) is 2. The lowest BCUT2D eigenvalue weighted by Crippen LogP contribution is -2.53. The summed E-state index contributed by atoms with van der Waals surface area (Å²) in [6.07, 6.45) is 6.84. The van der Waals surface area contributed by atoms with E-state index in [4.69, 9.17) is 0 Å². The summed E-state index contributed by atoms with van der Waals surface area (Å²) in [5.41, 5.74) is 2.80. The normalized spacial score (nSPS) is 32.2. The maximum atomic E-state index is 10.7. The molecule has 0 aromatic carbocycles. The van der Waals surface area contributed by atoms with E-state index < -0.39 is 0 Å². The molecule has 1 N–H and O–H groups in total. The summed E-state index contributed by atoms with van der Waals surface area (Å²) in [6, 6.07) is 0. The van der Waals surface area contributed by atoms with E-state index in [-0.39, 0.29) is 5.60 Å². The van der Waals surface area contributed by atoms with Crippen molar-refractivity contribution in [1.29, 1.82) is 0 Å². The molecule has 19 heavy (non-hydrogen) atoms. The molecule has 1 aromatic rings. The van der Waals surface area contributed by atoms with Crippen LogP contribution in [0.15, 0.2) is 5.51 Å². The molecule has 2 unspecified atom stereocenters. The van der Waals surface area contributed by atoms with E-state index in [1.54, 1.807) is 11.3 Å². The van der Waals surface area contributed by atoms with Gasteiger partial charge in [-0.2, -0.15) is 0 Å². The van der Waals surface area contributed by atoms with Gasteiger partial charge in [-0.25, -0.2) is 4.98 Å². The van der Waals surface area contributed by atoms with Crippen LogP contribution < -0.4 is 0 Å². The molecule has 0 bridgehead atoms. The Morgan fingerprint density at radius 2 is 2.37 bits per heavy atom. The van der Waals surface area contributed by atoms with E-state index in [1.165, 1.54) is 29.8 Å². The molecule has 1 saturated carbocycles. The first-order valence-corrected chi connectivity index (χ1v) is 8.39. The van der Waals surface area contributed by atoms with Crippen LogP contribution >= 0.6 is 11.3 Å². The third-order valence-corrected chi connectivity index (χ3v) is 6.01. The Bertz CT molecular complexity index is 434. The average molecular weight is 280 g/mol. The first kappa shape index (κ1) is 13.5. The maximum absolute atomic E-state index is 10.7. The number of hydrogen-bond acceptors (Lipinski definition) is 4. The van der Waals surface area contributed by atoms with Gasteiger partial charge >= 0.3 is 0 Å². The fourth-order valence-corrected chi connectivity index (χ4v) is 4.44. The highest BCUT2D eigenvalue weighted by Crippen LogP contribution is 2.39. The summed E-state index contributed by atoms with van der Waals surface area (Å²) in [5, 5.41) is 10.7. The number of likely N-dealkylation sites (tertiary alicyclic amines) is 1. The van der Waals surface area contributed by atoms with Crippen molar-refractivity contribution in [2.24, 2.45) is 5.92 Å². The minimum absolute atomic E-state index is 0.338. The number of aryl methyl sites for hydroxylation is 1. The van der Waals surface area contributed by atoms with Gasteiger partial charge in [0.25, 0.3) is 0 Å². The molecular formula is C15H24N2OS. The van der Waals surface area contributed by atoms with Crippen molar-refractivity contribution >= 4 is 11.3 Å². The van der Waals surface area contributed by atoms with Gasteiger partial charge in [0.05, 0.1) is 16.8 Å². The van der Waals surface area contributed by atoms with Crippen LogP contribution in [-0.2, 0) is 6.42 Å². The highest BCUT2D eigenvalue weighted by Gasteiger charge is 2.42. The van der Waals surface area contributed by atoms with Gasteiger partial charge in [0.1, 0.15) is 0 Å². The van der Waals surface area contributed by atoms with Gasteiger partial charge in [0.15, 0.2) is 0 Å². The monoisotopic (exact) mass is 280 g/mol. The van der Waals surface area contributed by atoms with Gasteiger partial charge in [-0.05, 0) is 32.6 Å². The SMILES string of the molecule is Cc1ncsc1CCN1CCC2(O)CCCCC2C1. The number of aromatic nitrogens is 1. The molecule has 4 heteroatoms. The quantitative estimate of drug-likeness (QED) is 0.924. The Hall–Kier alpha value is -0.450. The molecule has 1 aromatic heterocycles. The maximum Gasteiger partial charge on any atom is 0.0797 e. The van der Waals surface area contributed by atoms with Crippen LogP contribution in [0, 0.1) is 12.8 Å². The van der Waals surface area contributed by atoms with Crippen molar-refractivity contribution in [3.63, 3.8) is 0 Å². The third kappa shape index (κ3) is 2.86. The van der Waals surface area contributed by atoms with Crippen molar-refractivity contribution in [2.75, 3.05) is 19.6 Å². The molecule has 1 aliphatic carbocycles. The minimum atomic E-state index is -0.338. The topological polar surface area (TPSA) is 36.4 Å². The van der Waals surface area contributed by atoms with Crippen LogP contribution in [0.4, 0.5) is 0 Å². The van der Waals surface area contributed by atoms with E-state index in [9.17, 15) is 5.11 Å². The predicted octanol–water partition coefficient (Wildman–Crippen LogP) is 2.62. The Balaban J connectivity index is 1.55. The lowest BCUT2D eigenvalue weighted by molar-refractivity contribution is -0.0949. The lowest BCUT2D eigenvalue weighted by Gasteiger charge is -2.47. The Kier molecular flexibility index (Phi) is 3.92. The second kappa shape index (κ2) is 5.51. The number of piperidine rings is 1. The average Bonchev–Trinajstić information content (AvgIpc) is 2.81. The number of thiazole rings is 1. The summed E-state index contributed by atoms with van der Waals surface area (Å²) in [4.78, 5) is 8.28. The standard InChI is InChI=1S/C15H24N2OS/c1-12-14(19-11-16-12)5-8-17-9-7-15(18)6-3-2-4-13(15)10-17/h11,13,18H,2-10H2,1H3. The molecule has 0 radical (unpaired) electrons. The van der Waals surface area contributed by atoms with Crippen LogP contribution in [0.1, 0.15) is 42.7 Å². The van der Waals surface area contributed by atoms with Crippen molar-refractivity contribution in [1.82, 2.24) is 9.88 Å². The molecule has 2 fully saturated rings. The summed E-state index contributed by atoms with van der Waals surface area (Å²) in [5.74, 6) is 0.512. The van der Waals surface area contributed by atoms with Crippen molar-refractivity contribution in [3.05, 3.63) is 16.1 Å². The highest BCUT2D eigenvalue weighted by atomic mass is 32.1. The van der Waals surface area contributed by atoms with Gasteiger partial charge in [-0.15, -0.1) is 11.3 Å². The number of fused-ring (bicyclic) bond motifs is 1. The zero-order valence-corrected chi connectivity index (χ0v) is 12.6. The van der Waals surface area contributed by atoms with Crippen LogP contribution in [0.25, 0.3) is 0 Å². The number of aliphatic hydroxyl groups is 1. The van der Waals surface area contributed by atoms with E-state index in [0.29, 0.717) is 5.92 Å². The molecule has 106 valence electrons. The van der Waals surface area contributed by atoms with Gasteiger partial charge in [-0.1, -0.05) is 12.8 Å². The lowest BCUT2D eigenvalue weighted by atomic mass is 9.71. The number of hydrogen-bond donors (Lipinski definition) is 1. The summed E-state index contributed by atoms with van der Waals surface area (Å²) >= 11 is 1.77. The van der Waals surface area contributed by atoms with Gasteiger partial charge in [-0.3, -0.25) is 0 Å². The van der Waals surface area contributed by atoms with Gasteiger partial charge < -0.3 is 10.0 Å². The van der Waals surface area contributed by atoms with E-state index in [2.05, 4.69) is 16.8 Å². The first-order valence-electron chi connectivity index (χ1n) is 7.51. The van der Waals surface area contributed by atoms with E-state index in [0.717, 1.165) is 38.9 Å². The van der Waals surface area contributed by atoms with Gasteiger partial charge in [0.2, 0.25) is 0 Å². The molecule has 2 aliphatic rings. The Morgan fingerprint density at radius 3 is 3.16 bits per heavy atom. The Labute approximate surface area is 119 Å². The second-order valence-corrected chi connectivity index (χ2v) is 7.15. The smallest absolute Gasteiger partial charge is 0.0797 e. The summed E-state index contributed by atoms with van der Waals surface area (Å²) in [6.45, 7) is 5.37. The zero-order valence-electron chi connectivity index (χ0n) is 11.8. The van der Waals surface area contributed by atoms with Gasteiger partial charge in [0, 0.05) is 30.4 Å². The summed E-state index contributed by atoms with van der Waals surface area (Å²) in [7, 11) is 0. The first-order chi connectivity index (χ1) is 9.17. The minimum Gasteiger partial charge on any atom is -0.390 e. The molecule has 0 spiro atoms. The van der Waals surface area contributed by atoms with Crippen molar-refractivity contribution < 1.29 is 5.11 Å². The fraction of sp³-hybridized carbons (Fsp3) is 0.800. The zero-order chi connectivity index (χ0) is 13.3. The van der Waals surface area contributed by atoms with Crippen LogP contribution in [-0.4, -0.2) is 40.2 Å². The molecule has 1 saturated heterocycles.